The molecule has 0 aliphatic heterocycles. The average molecular weight is 265 g/mol. The summed E-state index contributed by atoms with van der Waals surface area (Å²) in [7, 11) is 1.62. The second-order valence-corrected chi connectivity index (χ2v) is 6.03. The van der Waals surface area contributed by atoms with Crippen LogP contribution in [0.15, 0.2) is 30.3 Å². The lowest BCUT2D eigenvalue weighted by Crippen LogP contribution is -2.70. The standard InChI is InChI=1S/C16H27NO2/c1-7-10-17-13-12(8-2)16(18,11-19-6)14(13)15(4,5)9-3/h7-8,10,12-14,18H,1-2,9,11H2,3-6H3. The van der Waals surface area contributed by atoms with Crippen molar-refractivity contribution in [3.05, 3.63) is 25.3 Å². The number of nitrogens with zero attached hydrogens (tertiary/aromatic N) is 1. The van der Waals surface area contributed by atoms with Crippen molar-refractivity contribution >= 4 is 6.21 Å². The van der Waals surface area contributed by atoms with Crippen molar-refractivity contribution < 1.29 is 9.84 Å². The summed E-state index contributed by atoms with van der Waals surface area (Å²) < 4.78 is 5.23. The Hall–Kier alpha value is -0.930. The molecule has 1 fully saturated rings. The molecule has 19 heavy (non-hydrogen) atoms. The van der Waals surface area contributed by atoms with Gasteiger partial charge in [-0.25, -0.2) is 0 Å². The van der Waals surface area contributed by atoms with Crippen LogP contribution in [0.5, 0.6) is 0 Å². The maximum Gasteiger partial charge on any atom is 0.102 e. The van der Waals surface area contributed by atoms with Crippen molar-refractivity contribution in [2.75, 3.05) is 13.7 Å². The first-order valence-electron chi connectivity index (χ1n) is 6.87. The Kier molecular flexibility index (Phi) is 5.11. The molecule has 0 heterocycles. The molecule has 0 bridgehead atoms. The van der Waals surface area contributed by atoms with Gasteiger partial charge in [0.1, 0.15) is 5.60 Å². The molecule has 0 radical (unpaired) electrons. The van der Waals surface area contributed by atoms with E-state index in [-0.39, 0.29) is 23.3 Å². The van der Waals surface area contributed by atoms with Gasteiger partial charge in [-0.2, -0.15) is 0 Å². The number of aliphatic hydroxyl groups is 1. The van der Waals surface area contributed by atoms with Gasteiger partial charge in [0.25, 0.3) is 0 Å². The monoisotopic (exact) mass is 265 g/mol. The number of hydrogen-bond donors (Lipinski definition) is 1. The second-order valence-electron chi connectivity index (χ2n) is 6.03. The Morgan fingerprint density at radius 2 is 2.05 bits per heavy atom. The number of rotatable bonds is 7. The smallest absolute Gasteiger partial charge is 0.102 e. The summed E-state index contributed by atoms with van der Waals surface area (Å²) >= 11 is 0. The lowest BCUT2D eigenvalue weighted by Gasteiger charge is -2.61. The molecule has 0 aromatic carbocycles. The van der Waals surface area contributed by atoms with E-state index in [2.05, 4.69) is 38.9 Å². The van der Waals surface area contributed by atoms with E-state index in [4.69, 9.17) is 4.74 Å². The highest BCUT2D eigenvalue weighted by Gasteiger charge is 2.64. The summed E-state index contributed by atoms with van der Waals surface area (Å²) in [6, 6.07) is 0.0469. The van der Waals surface area contributed by atoms with Crippen LogP contribution in [0.3, 0.4) is 0 Å². The van der Waals surface area contributed by atoms with Crippen molar-refractivity contribution in [2.24, 2.45) is 22.2 Å². The Morgan fingerprint density at radius 3 is 2.47 bits per heavy atom. The molecule has 1 rings (SSSR count). The molecule has 3 heteroatoms. The molecule has 108 valence electrons. The van der Waals surface area contributed by atoms with Crippen molar-refractivity contribution in [3.8, 4) is 0 Å². The Balaban J connectivity index is 3.13. The van der Waals surface area contributed by atoms with Gasteiger partial charge in [0.05, 0.1) is 12.6 Å². The van der Waals surface area contributed by atoms with Crippen LogP contribution < -0.4 is 0 Å². The fraction of sp³-hybridized carbons (Fsp3) is 0.688. The van der Waals surface area contributed by atoms with E-state index in [0.29, 0.717) is 6.61 Å². The Morgan fingerprint density at radius 1 is 1.42 bits per heavy atom. The van der Waals surface area contributed by atoms with Crippen molar-refractivity contribution in [1.82, 2.24) is 0 Å². The third kappa shape index (κ3) is 2.67. The van der Waals surface area contributed by atoms with E-state index in [1.54, 1.807) is 25.5 Å². The molecule has 0 amide bonds. The highest BCUT2D eigenvalue weighted by molar-refractivity contribution is 5.70. The van der Waals surface area contributed by atoms with Crippen LogP contribution in [0.1, 0.15) is 27.2 Å². The van der Waals surface area contributed by atoms with Gasteiger partial charge in [0, 0.05) is 25.2 Å². The van der Waals surface area contributed by atoms with Crippen molar-refractivity contribution in [1.29, 1.82) is 0 Å². The van der Waals surface area contributed by atoms with Crippen LogP contribution in [-0.2, 0) is 4.74 Å². The van der Waals surface area contributed by atoms with Gasteiger partial charge in [-0.05, 0) is 5.41 Å². The van der Waals surface area contributed by atoms with Crippen LogP contribution in [0.4, 0.5) is 0 Å². The van der Waals surface area contributed by atoms with Crippen LogP contribution in [0, 0.1) is 17.3 Å². The first-order chi connectivity index (χ1) is 8.88. The second kappa shape index (κ2) is 6.02. The minimum absolute atomic E-state index is 0.00400. The third-order valence-electron chi connectivity index (χ3n) is 4.57. The number of ether oxygens (including phenoxy) is 1. The Labute approximate surface area is 117 Å². The molecular weight excluding hydrogens is 238 g/mol. The zero-order chi connectivity index (χ0) is 14.7. The molecule has 0 aromatic heterocycles. The summed E-state index contributed by atoms with van der Waals surface area (Å²) in [5.74, 6) is -0.0105. The van der Waals surface area contributed by atoms with Gasteiger partial charge in [0.15, 0.2) is 0 Å². The fourth-order valence-corrected chi connectivity index (χ4v) is 3.35. The molecule has 3 nitrogen and oxygen atoms in total. The maximum atomic E-state index is 11.0. The fourth-order valence-electron chi connectivity index (χ4n) is 3.35. The van der Waals surface area contributed by atoms with Gasteiger partial charge in [0.2, 0.25) is 0 Å². The SMILES string of the molecule is C=CC=NC1C(C=C)C(O)(COC)C1C(C)(C)CC. The highest BCUT2D eigenvalue weighted by atomic mass is 16.5. The van der Waals surface area contributed by atoms with E-state index in [0.717, 1.165) is 6.42 Å². The molecule has 0 saturated heterocycles. The van der Waals surface area contributed by atoms with Gasteiger partial charge >= 0.3 is 0 Å². The summed E-state index contributed by atoms with van der Waals surface area (Å²) in [5.41, 5.74) is -0.880. The normalized spacial score (nSPS) is 35.1. The predicted molar refractivity (Wildman–Crippen MR) is 80.6 cm³/mol. The minimum Gasteiger partial charge on any atom is -0.386 e. The maximum absolute atomic E-state index is 11.0. The largest absolute Gasteiger partial charge is 0.386 e. The topological polar surface area (TPSA) is 41.8 Å². The van der Waals surface area contributed by atoms with E-state index < -0.39 is 5.60 Å². The van der Waals surface area contributed by atoms with E-state index >= 15 is 0 Å². The summed E-state index contributed by atoms with van der Waals surface area (Å²) in [4.78, 5) is 4.54. The molecule has 1 aliphatic rings. The van der Waals surface area contributed by atoms with Crippen molar-refractivity contribution in [2.45, 2.75) is 38.8 Å². The molecule has 4 unspecified atom stereocenters. The lowest BCUT2D eigenvalue weighted by molar-refractivity contribution is -0.212. The first-order valence-corrected chi connectivity index (χ1v) is 6.87. The Bertz CT molecular complexity index is 362. The van der Waals surface area contributed by atoms with Crippen LogP contribution in [-0.4, -0.2) is 36.7 Å². The molecule has 1 aliphatic carbocycles. The molecule has 4 atom stereocenters. The molecular formula is C16H27NO2. The summed E-state index contributed by atoms with van der Waals surface area (Å²) in [6.45, 7) is 14.3. The number of methoxy groups -OCH3 is 1. The van der Waals surface area contributed by atoms with Gasteiger partial charge in [-0.3, -0.25) is 4.99 Å². The van der Waals surface area contributed by atoms with E-state index in [9.17, 15) is 5.11 Å². The van der Waals surface area contributed by atoms with Crippen molar-refractivity contribution in [3.63, 3.8) is 0 Å². The molecule has 1 N–H and O–H groups in total. The number of aliphatic imine (C=N–C) groups is 1. The zero-order valence-corrected chi connectivity index (χ0v) is 12.6. The molecule has 1 saturated carbocycles. The van der Waals surface area contributed by atoms with E-state index in [1.807, 2.05) is 0 Å². The highest BCUT2D eigenvalue weighted by Crippen LogP contribution is 2.56. The quantitative estimate of drug-likeness (QED) is 0.568. The van der Waals surface area contributed by atoms with Crippen LogP contribution in [0.2, 0.25) is 0 Å². The van der Waals surface area contributed by atoms with Gasteiger partial charge < -0.3 is 9.84 Å². The first kappa shape index (κ1) is 16.1. The van der Waals surface area contributed by atoms with Gasteiger partial charge in [-0.1, -0.05) is 45.9 Å². The van der Waals surface area contributed by atoms with Crippen LogP contribution in [0.25, 0.3) is 0 Å². The average Bonchev–Trinajstić information content (AvgIpc) is 2.35. The summed E-state index contributed by atoms with van der Waals surface area (Å²) in [6.07, 6.45) is 6.16. The van der Waals surface area contributed by atoms with E-state index in [1.165, 1.54) is 0 Å². The predicted octanol–water partition coefficient (Wildman–Crippen LogP) is 2.86. The lowest BCUT2D eigenvalue weighted by atomic mass is 9.49. The molecule has 0 aromatic rings. The summed E-state index contributed by atoms with van der Waals surface area (Å²) in [5, 5.41) is 11.0. The third-order valence-corrected chi connectivity index (χ3v) is 4.57. The zero-order valence-electron chi connectivity index (χ0n) is 12.6. The minimum atomic E-state index is -0.876. The number of allylic oxidation sites excluding steroid dienone is 1. The van der Waals surface area contributed by atoms with Gasteiger partial charge in [-0.15, -0.1) is 6.58 Å². The number of hydrogen-bond acceptors (Lipinski definition) is 3. The van der Waals surface area contributed by atoms with Crippen LogP contribution >= 0.6 is 0 Å². The molecule has 0 spiro atoms.